The number of allylic oxidation sites excluding steroid dienone is 2. The van der Waals surface area contributed by atoms with Gasteiger partial charge in [0.05, 0.1) is 0 Å². The molecule has 0 fully saturated rings. The Labute approximate surface area is 170 Å². The van der Waals surface area contributed by atoms with E-state index in [0.717, 1.165) is 24.0 Å². The maximum atomic E-state index is 12.3. The zero-order chi connectivity index (χ0) is 19.8. The molecule has 0 atom stereocenters. The van der Waals surface area contributed by atoms with Gasteiger partial charge in [-0.15, -0.1) is 0 Å². The first kappa shape index (κ1) is 17.8. The van der Waals surface area contributed by atoms with Crippen molar-refractivity contribution in [3.63, 3.8) is 0 Å². The van der Waals surface area contributed by atoms with Crippen molar-refractivity contribution in [2.45, 2.75) is 32.1 Å². The summed E-state index contributed by atoms with van der Waals surface area (Å²) < 4.78 is 0. The van der Waals surface area contributed by atoms with Crippen LogP contribution in [-0.2, 0) is 41.7 Å². The summed E-state index contributed by atoms with van der Waals surface area (Å²) in [5.74, 6) is 0.644. The van der Waals surface area contributed by atoms with Gasteiger partial charge in [0.2, 0.25) is 0 Å². The molecule has 3 aliphatic carbocycles. The number of benzene rings is 3. The van der Waals surface area contributed by atoms with Crippen LogP contribution < -0.4 is 0 Å². The summed E-state index contributed by atoms with van der Waals surface area (Å²) in [4.78, 5) is 23.2. The summed E-state index contributed by atoms with van der Waals surface area (Å²) in [5.41, 5.74) is 9.83. The summed E-state index contributed by atoms with van der Waals surface area (Å²) in [6, 6.07) is 24.7. The van der Waals surface area contributed by atoms with Crippen molar-refractivity contribution in [2.75, 3.05) is 0 Å². The Hall–Kier alpha value is -3.26. The van der Waals surface area contributed by atoms with Gasteiger partial charge in [0.25, 0.3) is 0 Å². The molecule has 142 valence electrons. The van der Waals surface area contributed by atoms with E-state index in [2.05, 4.69) is 36.4 Å². The molecule has 0 spiro atoms. The average molecular weight is 378 g/mol. The van der Waals surface area contributed by atoms with E-state index in [9.17, 15) is 9.59 Å². The molecule has 6 rings (SSSR count). The van der Waals surface area contributed by atoms with Gasteiger partial charge in [0, 0.05) is 24.8 Å². The van der Waals surface area contributed by atoms with Crippen molar-refractivity contribution in [2.24, 2.45) is 0 Å². The molecule has 0 saturated carbocycles. The van der Waals surface area contributed by atoms with Crippen molar-refractivity contribution < 1.29 is 9.59 Å². The Kier molecular flexibility index (Phi) is 4.48. The second kappa shape index (κ2) is 7.29. The van der Waals surface area contributed by atoms with Crippen molar-refractivity contribution >= 4 is 17.1 Å². The fraction of sp³-hybridized carbons (Fsp3) is 0.185. The number of carbonyl (C=O) groups excluding carboxylic acids is 2. The van der Waals surface area contributed by atoms with Crippen LogP contribution in [0, 0.1) is 0 Å². The quantitative estimate of drug-likeness (QED) is 0.531. The summed E-state index contributed by atoms with van der Waals surface area (Å²) in [6.45, 7) is 0. The average Bonchev–Trinajstić information content (AvgIpc) is 3.40. The van der Waals surface area contributed by atoms with Crippen molar-refractivity contribution in [3.8, 4) is 0 Å². The van der Waals surface area contributed by atoms with E-state index in [1.807, 2.05) is 36.4 Å². The van der Waals surface area contributed by atoms with E-state index >= 15 is 0 Å². The molecule has 0 aliphatic heterocycles. The Morgan fingerprint density at radius 1 is 0.483 bits per heavy atom. The highest BCUT2D eigenvalue weighted by Gasteiger charge is 2.29. The summed E-state index contributed by atoms with van der Waals surface area (Å²) >= 11 is 0. The van der Waals surface area contributed by atoms with Crippen LogP contribution in [0.1, 0.15) is 33.4 Å². The predicted molar refractivity (Wildman–Crippen MR) is 115 cm³/mol. The van der Waals surface area contributed by atoms with Crippen LogP contribution in [-0.4, -0.2) is 11.6 Å². The largest absolute Gasteiger partial charge is 0.299 e. The molecule has 0 amide bonds. The zero-order valence-electron chi connectivity index (χ0n) is 16.3. The number of Topliss-reactive ketones (excluding diaryl/α,β-unsaturated/α-hetero) is 2. The van der Waals surface area contributed by atoms with Gasteiger partial charge >= 0.3 is 0 Å². The molecule has 2 nitrogen and oxygen atoms in total. The lowest BCUT2D eigenvalue weighted by Gasteiger charge is -2.04. The molecule has 29 heavy (non-hydrogen) atoms. The predicted octanol–water partition coefficient (Wildman–Crippen LogP) is 4.72. The fourth-order valence-corrected chi connectivity index (χ4v) is 4.71. The van der Waals surface area contributed by atoms with Gasteiger partial charge in [-0.2, -0.15) is 0 Å². The van der Waals surface area contributed by atoms with Crippen LogP contribution in [0.5, 0.6) is 0 Å². The highest BCUT2D eigenvalue weighted by Crippen LogP contribution is 2.37. The van der Waals surface area contributed by atoms with Crippen LogP contribution >= 0.6 is 0 Å². The first-order valence-electron chi connectivity index (χ1n) is 10.2. The minimum absolute atomic E-state index is 0.295. The molecule has 3 aliphatic rings. The van der Waals surface area contributed by atoms with E-state index in [4.69, 9.17) is 0 Å². The Morgan fingerprint density at radius 3 is 1.48 bits per heavy atom. The third-order valence-corrected chi connectivity index (χ3v) is 6.09. The zero-order valence-corrected chi connectivity index (χ0v) is 16.3. The van der Waals surface area contributed by atoms with Crippen molar-refractivity contribution in [1.82, 2.24) is 0 Å². The number of fused-ring (bicyclic) bond motifs is 3. The lowest BCUT2D eigenvalue weighted by atomic mass is 9.99. The lowest BCUT2D eigenvalue weighted by molar-refractivity contribution is -0.117. The first-order chi connectivity index (χ1) is 14.2. The number of ketones is 2. The summed E-state index contributed by atoms with van der Waals surface area (Å²) in [6.07, 6.45) is 3.74. The topological polar surface area (TPSA) is 34.1 Å². The van der Waals surface area contributed by atoms with E-state index in [-0.39, 0.29) is 0 Å². The second-order valence-corrected chi connectivity index (χ2v) is 8.02. The minimum atomic E-state index is 0.295. The van der Waals surface area contributed by atoms with Crippen LogP contribution in [0.3, 0.4) is 0 Å². The van der Waals surface area contributed by atoms with Gasteiger partial charge in [-0.1, -0.05) is 72.8 Å². The van der Waals surface area contributed by atoms with Crippen LogP contribution in [0.2, 0.25) is 0 Å². The van der Waals surface area contributed by atoms with Crippen molar-refractivity contribution in [3.05, 3.63) is 112 Å². The standard InChI is InChI=1S/C18H14O.C9H8O/c19-17-11-14-7-3-4-8-16(14)18(17)15-9-12-5-1-2-6-13(12)10-15;10-9-5-7-3-1-2-4-8(7)6-9/h1-8H,9-11H2;1-4H,5-6H2. The first-order valence-corrected chi connectivity index (χ1v) is 10.2. The number of rotatable bonds is 0. The molecule has 0 saturated heterocycles. The molecular formula is C27H22O2. The maximum Gasteiger partial charge on any atom is 0.167 e. The van der Waals surface area contributed by atoms with E-state index < -0.39 is 0 Å². The molecule has 0 bridgehead atoms. The third-order valence-electron chi connectivity index (χ3n) is 6.09. The van der Waals surface area contributed by atoms with Crippen LogP contribution in [0.4, 0.5) is 0 Å². The van der Waals surface area contributed by atoms with Gasteiger partial charge in [-0.05, 0) is 51.8 Å². The molecular weight excluding hydrogens is 356 g/mol. The number of carbonyl (C=O) groups is 2. The van der Waals surface area contributed by atoms with Gasteiger partial charge < -0.3 is 0 Å². The molecule has 3 aromatic carbocycles. The minimum Gasteiger partial charge on any atom is -0.299 e. The monoisotopic (exact) mass is 378 g/mol. The SMILES string of the molecule is O=C1Cc2ccccc2C1.O=C1Cc2ccccc2C1=C1Cc2ccccc2C1. The highest BCUT2D eigenvalue weighted by atomic mass is 16.1. The van der Waals surface area contributed by atoms with E-state index in [0.29, 0.717) is 30.8 Å². The molecule has 2 heteroatoms. The van der Waals surface area contributed by atoms with E-state index in [1.54, 1.807) is 0 Å². The van der Waals surface area contributed by atoms with E-state index in [1.165, 1.54) is 33.4 Å². The molecule has 0 radical (unpaired) electrons. The van der Waals surface area contributed by atoms with Crippen molar-refractivity contribution in [1.29, 1.82) is 0 Å². The summed E-state index contributed by atoms with van der Waals surface area (Å²) in [5, 5.41) is 0. The summed E-state index contributed by atoms with van der Waals surface area (Å²) in [7, 11) is 0. The molecule has 0 unspecified atom stereocenters. The second-order valence-electron chi connectivity index (χ2n) is 8.02. The number of hydrogen-bond acceptors (Lipinski definition) is 2. The Balaban J connectivity index is 0.000000153. The smallest absolute Gasteiger partial charge is 0.167 e. The highest BCUT2D eigenvalue weighted by molar-refractivity contribution is 6.26. The lowest BCUT2D eigenvalue weighted by Crippen LogP contribution is -1.99. The maximum absolute atomic E-state index is 12.3. The normalized spacial score (nSPS) is 16.3. The molecule has 0 aromatic heterocycles. The number of hydrogen-bond donors (Lipinski definition) is 0. The Bertz CT molecular complexity index is 1110. The van der Waals surface area contributed by atoms with Gasteiger partial charge in [-0.3, -0.25) is 9.59 Å². The van der Waals surface area contributed by atoms with Gasteiger partial charge in [0.1, 0.15) is 5.78 Å². The Morgan fingerprint density at radius 2 is 0.931 bits per heavy atom. The van der Waals surface area contributed by atoms with Gasteiger partial charge in [-0.25, -0.2) is 0 Å². The van der Waals surface area contributed by atoms with Crippen LogP contribution in [0.15, 0.2) is 78.4 Å². The third kappa shape index (κ3) is 3.36. The molecule has 3 aromatic rings. The molecule has 0 heterocycles. The van der Waals surface area contributed by atoms with Gasteiger partial charge in [0.15, 0.2) is 5.78 Å². The van der Waals surface area contributed by atoms with Crippen LogP contribution in [0.25, 0.3) is 5.57 Å². The molecule has 0 N–H and O–H groups in total. The fourth-order valence-electron chi connectivity index (χ4n) is 4.71.